The van der Waals surface area contributed by atoms with Crippen LogP contribution in [0, 0.1) is 0 Å². The maximum absolute atomic E-state index is 12.4. The quantitative estimate of drug-likeness (QED) is 0.864. The number of carboxylic acid groups (broad SMARTS) is 1. The van der Waals surface area contributed by atoms with Crippen LogP contribution in [0.1, 0.15) is 12.0 Å². The van der Waals surface area contributed by atoms with Gasteiger partial charge in [-0.05, 0) is 29.2 Å². The van der Waals surface area contributed by atoms with Crippen LogP contribution in [0.3, 0.4) is 0 Å². The highest BCUT2D eigenvalue weighted by Gasteiger charge is 2.16. The first-order chi connectivity index (χ1) is 12.6. The molecule has 0 saturated heterocycles. The van der Waals surface area contributed by atoms with Gasteiger partial charge in [0.2, 0.25) is 5.91 Å². The number of aliphatic carboxylic acids is 1. The Kier molecular flexibility index (Phi) is 5.44. The van der Waals surface area contributed by atoms with E-state index in [4.69, 9.17) is 0 Å². The molecule has 4 heteroatoms. The summed E-state index contributed by atoms with van der Waals surface area (Å²) in [4.78, 5) is 23.8. The van der Waals surface area contributed by atoms with Crippen LogP contribution in [0.25, 0.3) is 11.1 Å². The molecule has 0 unspecified atom stereocenters. The van der Waals surface area contributed by atoms with E-state index in [2.05, 4.69) is 5.32 Å². The smallest absolute Gasteiger partial charge is 0.337 e. The van der Waals surface area contributed by atoms with Crippen molar-refractivity contribution >= 4 is 11.9 Å². The van der Waals surface area contributed by atoms with E-state index in [1.807, 2.05) is 60.7 Å². The first-order valence-corrected chi connectivity index (χ1v) is 8.38. The fourth-order valence-corrected chi connectivity index (χ4v) is 2.80. The molecule has 0 fully saturated rings. The van der Waals surface area contributed by atoms with Gasteiger partial charge in [0.15, 0.2) is 0 Å². The van der Waals surface area contributed by atoms with Crippen molar-refractivity contribution in [2.45, 2.75) is 12.8 Å². The Morgan fingerprint density at radius 2 is 1.77 bits per heavy atom. The molecule has 0 atom stereocenters. The van der Waals surface area contributed by atoms with E-state index < -0.39 is 5.97 Å². The molecule has 0 aromatic heterocycles. The molecule has 1 amide bonds. The normalized spacial score (nSPS) is 13.4. The van der Waals surface area contributed by atoms with E-state index in [9.17, 15) is 14.7 Å². The number of carboxylic acids is 1. The summed E-state index contributed by atoms with van der Waals surface area (Å²) in [5.74, 6) is -1.30. The van der Waals surface area contributed by atoms with Crippen molar-refractivity contribution in [3.63, 3.8) is 0 Å². The summed E-state index contributed by atoms with van der Waals surface area (Å²) in [7, 11) is 0. The standard InChI is InChI=1S/C22H19NO3/c24-21(23-20-13-6-2-5-12-19(20)22(25)26)15-16-8-7-11-18(14-16)17-9-3-1-4-10-17/h1-5,7-14H,6,15H2,(H,23,24)(H,25,26). The van der Waals surface area contributed by atoms with E-state index in [0.29, 0.717) is 12.1 Å². The van der Waals surface area contributed by atoms with Crippen molar-refractivity contribution in [1.29, 1.82) is 0 Å². The molecule has 3 rings (SSSR count). The van der Waals surface area contributed by atoms with E-state index >= 15 is 0 Å². The summed E-state index contributed by atoms with van der Waals surface area (Å²) in [5, 5.41) is 12.0. The summed E-state index contributed by atoms with van der Waals surface area (Å²) < 4.78 is 0. The van der Waals surface area contributed by atoms with E-state index in [-0.39, 0.29) is 17.9 Å². The van der Waals surface area contributed by atoms with Crippen LogP contribution in [0.4, 0.5) is 0 Å². The number of carbonyl (C=O) groups excluding carboxylic acids is 1. The molecule has 2 aromatic carbocycles. The second-order valence-electron chi connectivity index (χ2n) is 5.96. The maximum Gasteiger partial charge on any atom is 0.337 e. The van der Waals surface area contributed by atoms with Crippen molar-refractivity contribution in [2.24, 2.45) is 0 Å². The summed E-state index contributed by atoms with van der Waals surface area (Å²) in [6.07, 6.45) is 7.48. The topological polar surface area (TPSA) is 66.4 Å². The lowest BCUT2D eigenvalue weighted by Gasteiger charge is -2.11. The number of allylic oxidation sites excluding steroid dienone is 4. The highest BCUT2D eigenvalue weighted by Crippen LogP contribution is 2.20. The van der Waals surface area contributed by atoms with Crippen LogP contribution in [-0.2, 0) is 16.0 Å². The number of carbonyl (C=O) groups is 2. The molecule has 0 aliphatic heterocycles. The molecule has 26 heavy (non-hydrogen) atoms. The molecule has 4 nitrogen and oxygen atoms in total. The van der Waals surface area contributed by atoms with Crippen molar-refractivity contribution in [1.82, 2.24) is 5.32 Å². The maximum atomic E-state index is 12.4. The molecule has 0 heterocycles. The van der Waals surface area contributed by atoms with Crippen LogP contribution < -0.4 is 5.32 Å². The molecule has 1 aliphatic carbocycles. The van der Waals surface area contributed by atoms with Gasteiger partial charge in [-0.1, -0.05) is 72.8 Å². The summed E-state index contributed by atoms with van der Waals surface area (Å²) in [5.41, 5.74) is 3.43. The monoisotopic (exact) mass is 345 g/mol. The second-order valence-corrected chi connectivity index (χ2v) is 5.96. The van der Waals surface area contributed by atoms with Gasteiger partial charge in [0, 0.05) is 0 Å². The Morgan fingerprint density at radius 3 is 2.54 bits per heavy atom. The molecular weight excluding hydrogens is 326 g/mol. The highest BCUT2D eigenvalue weighted by atomic mass is 16.4. The molecule has 0 bridgehead atoms. The van der Waals surface area contributed by atoms with Gasteiger partial charge in [-0.3, -0.25) is 4.79 Å². The first kappa shape index (κ1) is 17.4. The molecule has 0 radical (unpaired) electrons. The summed E-state index contributed by atoms with van der Waals surface area (Å²) in [6, 6.07) is 17.7. The first-order valence-electron chi connectivity index (χ1n) is 8.38. The highest BCUT2D eigenvalue weighted by molar-refractivity contribution is 5.94. The van der Waals surface area contributed by atoms with Crippen LogP contribution in [-0.4, -0.2) is 17.0 Å². The average Bonchev–Trinajstić information content (AvgIpc) is 2.88. The van der Waals surface area contributed by atoms with Gasteiger partial charge in [0.25, 0.3) is 0 Å². The number of hydrogen-bond donors (Lipinski definition) is 2. The van der Waals surface area contributed by atoms with E-state index in [1.165, 1.54) is 6.08 Å². The van der Waals surface area contributed by atoms with Gasteiger partial charge >= 0.3 is 5.97 Å². The van der Waals surface area contributed by atoms with Gasteiger partial charge < -0.3 is 10.4 Å². The zero-order valence-electron chi connectivity index (χ0n) is 14.2. The zero-order chi connectivity index (χ0) is 18.4. The lowest BCUT2D eigenvalue weighted by Crippen LogP contribution is -2.27. The number of nitrogens with one attached hydrogen (secondary N) is 1. The predicted octanol–water partition coefficient (Wildman–Crippen LogP) is 3.87. The Balaban J connectivity index is 1.73. The SMILES string of the molecule is O=C(Cc1cccc(-c2ccccc2)c1)NC1=CCC=CC=C1C(=O)O. The van der Waals surface area contributed by atoms with Crippen LogP contribution in [0.5, 0.6) is 0 Å². The minimum absolute atomic E-state index is 0.0881. The molecule has 1 aliphatic rings. The van der Waals surface area contributed by atoms with Crippen molar-refractivity contribution < 1.29 is 14.7 Å². The minimum atomic E-state index is -1.06. The summed E-state index contributed by atoms with van der Waals surface area (Å²) in [6.45, 7) is 0. The third-order valence-electron chi connectivity index (χ3n) is 4.05. The Bertz CT molecular complexity index is 908. The minimum Gasteiger partial charge on any atom is -0.478 e. The molecule has 0 spiro atoms. The van der Waals surface area contributed by atoms with Crippen LogP contribution in [0.2, 0.25) is 0 Å². The average molecular weight is 345 g/mol. The number of rotatable bonds is 5. The van der Waals surface area contributed by atoms with E-state index in [1.54, 1.807) is 12.2 Å². The Labute approximate surface area is 152 Å². The predicted molar refractivity (Wildman–Crippen MR) is 101 cm³/mol. The number of benzene rings is 2. The van der Waals surface area contributed by atoms with Crippen LogP contribution in [0.15, 0.2) is 90.2 Å². The third kappa shape index (κ3) is 4.36. The lowest BCUT2D eigenvalue weighted by molar-refractivity contribution is -0.132. The fraction of sp³-hybridized carbons (Fsp3) is 0.0909. The van der Waals surface area contributed by atoms with Crippen molar-refractivity contribution in [2.75, 3.05) is 0 Å². The molecule has 0 saturated carbocycles. The van der Waals surface area contributed by atoms with Gasteiger partial charge in [-0.25, -0.2) is 4.79 Å². The Hall–Kier alpha value is -3.40. The van der Waals surface area contributed by atoms with Crippen LogP contribution >= 0.6 is 0 Å². The lowest BCUT2D eigenvalue weighted by atomic mass is 10.0. The zero-order valence-corrected chi connectivity index (χ0v) is 14.2. The molecular formula is C22H19NO3. The van der Waals surface area contributed by atoms with E-state index in [0.717, 1.165) is 16.7 Å². The van der Waals surface area contributed by atoms with Gasteiger partial charge in [-0.2, -0.15) is 0 Å². The third-order valence-corrected chi connectivity index (χ3v) is 4.05. The molecule has 130 valence electrons. The summed E-state index contributed by atoms with van der Waals surface area (Å²) >= 11 is 0. The van der Waals surface area contributed by atoms with Crippen molar-refractivity contribution in [3.8, 4) is 11.1 Å². The van der Waals surface area contributed by atoms with Gasteiger partial charge in [-0.15, -0.1) is 0 Å². The number of amides is 1. The van der Waals surface area contributed by atoms with Gasteiger partial charge in [0.05, 0.1) is 17.7 Å². The van der Waals surface area contributed by atoms with Gasteiger partial charge in [0.1, 0.15) is 0 Å². The Morgan fingerprint density at radius 1 is 1.00 bits per heavy atom. The molecule has 2 N–H and O–H groups in total. The largest absolute Gasteiger partial charge is 0.478 e. The second kappa shape index (κ2) is 8.12. The fourth-order valence-electron chi connectivity index (χ4n) is 2.80. The molecule has 2 aromatic rings. The van der Waals surface area contributed by atoms with Crippen molar-refractivity contribution in [3.05, 3.63) is 95.7 Å². The number of hydrogen-bond acceptors (Lipinski definition) is 2.